The standard InChI is InChI=1S/C25H23N5O2/c26-22-21(24(27)28)20(14-30-23(22)16-6-8-17(9-7-16)25(29)31)15-10-12-19(13-11-15)32-18-4-2-1-3-5-18/h1-12,14,19H,13,26H2,(H3,27,28)(H2,29,31). The number of pyridine rings is 1. The Balaban J connectivity index is 1.62. The van der Waals surface area contributed by atoms with Crippen LogP contribution in [0.1, 0.15) is 27.9 Å². The average molecular weight is 425 g/mol. The fraction of sp³-hybridized carbons (Fsp3) is 0.0800. The van der Waals surface area contributed by atoms with E-state index in [1.165, 1.54) is 0 Å². The Morgan fingerprint density at radius 1 is 1.06 bits per heavy atom. The van der Waals surface area contributed by atoms with Crippen molar-refractivity contribution in [3.8, 4) is 17.0 Å². The molecule has 0 radical (unpaired) electrons. The summed E-state index contributed by atoms with van der Waals surface area (Å²) in [6.45, 7) is 0. The lowest BCUT2D eigenvalue weighted by molar-refractivity contribution is 0.100. The van der Waals surface area contributed by atoms with E-state index in [-0.39, 0.29) is 11.9 Å². The number of primary amides is 1. The van der Waals surface area contributed by atoms with Crippen LogP contribution in [0.5, 0.6) is 5.75 Å². The quantitative estimate of drug-likeness (QED) is 0.353. The lowest BCUT2D eigenvalue weighted by atomic mass is 9.93. The first-order chi connectivity index (χ1) is 15.4. The summed E-state index contributed by atoms with van der Waals surface area (Å²) < 4.78 is 5.97. The fourth-order valence-electron chi connectivity index (χ4n) is 3.62. The van der Waals surface area contributed by atoms with Crippen LogP contribution in [-0.4, -0.2) is 22.8 Å². The Hall–Kier alpha value is -4.39. The monoisotopic (exact) mass is 425 g/mol. The Bertz CT molecular complexity index is 1230. The number of amides is 1. The SMILES string of the molecule is N=C(N)c1c(C2=CCC(Oc3ccccc3)C=C2)cnc(-c2ccc(C(N)=O)cc2)c1N. The van der Waals surface area contributed by atoms with Crippen molar-refractivity contribution in [1.29, 1.82) is 5.41 Å². The lowest BCUT2D eigenvalue weighted by Crippen LogP contribution is -2.19. The molecule has 0 bridgehead atoms. The molecule has 7 heteroatoms. The molecule has 2 aromatic carbocycles. The summed E-state index contributed by atoms with van der Waals surface area (Å²) in [6.07, 6.45) is 8.17. The van der Waals surface area contributed by atoms with Gasteiger partial charge in [0, 0.05) is 29.3 Å². The minimum absolute atomic E-state index is 0.0877. The van der Waals surface area contributed by atoms with E-state index in [4.69, 9.17) is 27.3 Å². The zero-order valence-electron chi connectivity index (χ0n) is 17.3. The normalized spacial score (nSPS) is 15.1. The van der Waals surface area contributed by atoms with Crippen LogP contribution >= 0.6 is 0 Å². The number of benzene rings is 2. The van der Waals surface area contributed by atoms with E-state index >= 15 is 0 Å². The predicted molar refractivity (Wildman–Crippen MR) is 126 cm³/mol. The highest BCUT2D eigenvalue weighted by atomic mass is 16.5. The number of carbonyl (C=O) groups excluding carboxylic acids is 1. The number of aromatic nitrogens is 1. The first-order valence-electron chi connectivity index (χ1n) is 10.1. The van der Waals surface area contributed by atoms with Crippen LogP contribution in [-0.2, 0) is 0 Å². The molecule has 1 aromatic heterocycles. The smallest absolute Gasteiger partial charge is 0.248 e. The first-order valence-corrected chi connectivity index (χ1v) is 10.1. The van der Waals surface area contributed by atoms with Gasteiger partial charge in [-0.05, 0) is 35.9 Å². The van der Waals surface area contributed by atoms with Crippen LogP contribution in [0.3, 0.4) is 0 Å². The summed E-state index contributed by atoms with van der Waals surface area (Å²) in [5.41, 5.74) is 21.5. The Morgan fingerprint density at radius 3 is 2.38 bits per heavy atom. The number of ether oxygens (including phenoxy) is 1. The molecule has 0 saturated carbocycles. The molecule has 160 valence electrons. The Labute approximate surface area is 185 Å². The number of para-hydroxylation sites is 1. The van der Waals surface area contributed by atoms with Gasteiger partial charge in [0.25, 0.3) is 0 Å². The van der Waals surface area contributed by atoms with Gasteiger partial charge >= 0.3 is 0 Å². The molecule has 4 rings (SSSR count). The van der Waals surface area contributed by atoms with Gasteiger partial charge in [0.15, 0.2) is 0 Å². The molecule has 1 aliphatic carbocycles. The molecule has 0 saturated heterocycles. The summed E-state index contributed by atoms with van der Waals surface area (Å²) in [6, 6.07) is 16.3. The number of hydrogen-bond acceptors (Lipinski definition) is 5. The zero-order valence-corrected chi connectivity index (χ0v) is 17.3. The van der Waals surface area contributed by atoms with Crippen molar-refractivity contribution in [2.45, 2.75) is 12.5 Å². The number of nitrogens with zero attached hydrogens (tertiary/aromatic N) is 1. The van der Waals surface area contributed by atoms with E-state index < -0.39 is 5.91 Å². The van der Waals surface area contributed by atoms with Crippen molar-refractivity contribution in [3.63, 3.8) is 0 Å². The van der Waals surface area contributed by atoms with Gasteiger partial charge < -0.3 is 21.9 Å². The van der Waals surface area contributed by atoms with E-state index in [0.29, 0.717) is 40.1 Å². The molecule has 0 aliphatic heterocycles. The van der Waals surface area contributed by atoms with E-state index in [1.807, 2.05) is 48.6 Å². The minimum Gasteiger partial charge on any atom is -0.486 e. The van der Waals surface area contributed by atoms with Gasteiger partial charge in [0.05, 0.1) is 16.9 Å². The third-order valence-electron chi connectivity index (χ3n) is 5.23. The van der Waals surface area contributed by atoms with Crippen molar-refractivity contribution in [3.05, 3.63) is 95.7 Å². The van der Waals surface area contributed by atoms with Crippen LogP contribution < -0.4 is 21.9 Å². The van der Waals surface area contributed by atoms with Crippen LogP contribution in [0, 0.1) is 5.41 Å². The van der Waals surface area contributed by atoms with Gasteiger partial charge in [-0.2, -0.15) is 0 Å². The number of hydrogen-bond donors (Lipinski definition) is 4. The lowest BCUT2D eigenvalue weighted by Gasteiger charge is -2.20. The molecule has 1 unspecified atom stereocenters. The zero-order chi connectivity index (χ0) is 22.7. The van der Waals surface area contributed by atoms with Gasteiger partial charge in [-0.3, -0.25) is 15.2 Å². The first kappa shape index (κ1) is 20.9. The Morgan fingerprint density at radius 2 is 1.78 bits per heavy atom. The van der Waals surface area contributed by atoms with Crippen molar-refractivity contribution in [2.75, 3.05) is 5.73 Å². The van der Waals surface area contributed by atoms with Gasteiger partial charge in [-0.1, -0.05) is 42.5 Å². The van der Waals surface area contributed by atoms with Crippen LogP contribution in [0.2, 0.25) is 0 Å². The highest BCUT2D eigenvalue weighted by Gasteiger charge is 2.20. The summed E-state index contributed by atoms with van der Waals surface area (Å²) in [5.74, 6) is 0.149. The number of amidine groups is 1. The van der Waals surface area contributed by atoms with Crippen LogP contribution in [0.15, 0.2) is 79.0 Å². The molecule has 7 nitrogen and oxygen atoms in total. The maximum Gasteiger partial charge on any atom is 0.248 e. The molecule has 0 spiro atoms. The van der Waals surface area contributed by atoms with Gasteiger partial charge in [0.1, 0.15) is 17.7 Å². The predicted octanol–water partition coefficient (Wildman–Crippen LogP) is 3.50. The van der Waals surface area contributed by atoms with Crippen molar-refractivity contribution in [1.82, 2.24) is 4.98 Å². The summed E-state index contributed by atoms with van der Waals surface area (Å²) in [5, 5.41) is 8.11. The fourth-order valence-corrected chi connectivity index (χ4v) is 3.62. The van der Waals surface area contributed by atoms with Crippen LogP contribution in [0.4, 0.5) is 5.69 Å². The third-order valence-corrected chi connectivity index (χ3v) is 5.23. The highest BCUT2D eigenvalue weighted by Crippen LogP contribution is 2.33. The molecule has 1 amide bonds. The topological polar surface area (TPSA) is 141 Å². The molecule has 1 aliphatic rings. The maximum atomic E-state index is 11.3. The van der Waals surface area contributed by atoms with Gasteiger partial charge in [0.2, 0.25) is 5.91 Å². The van der Waals surface area contributed by atoms with E-state index in [2.05, 4.69) is 4.98 Å². The van der Waals surface area contributed by atoms with Gasteiger partial charge in [-0.15, -0.1) is 0 Å². The summed E-state index contributed by atoms with van der Waals surface area (Å²) in [7, 11) is 0. The average Bonchev–Trinajstić information content (AvgIpc) is 2.80. The second-order valence-corrected chi connectivity index (χ2v) is 7.39. The molecular formula is C25H23N5O2. The molecule has 32 heavy (non-hydrogen) atoms. The third kappa shape index (κ3) is 4.22. The highest BCUT2D eigenvalue weighted by molar-refractivity contribution is 6.07. The second kappa shape index (κ2) is 8.77. The number of nitrogens with one attached hydrogen (secondary N) is 1. The summed E-state index contributed by atoms with van der Waals surface area (Å²) in [4.78, 5) is 15.8. The second-order valence-electron chi connectivity index (χ2n) is 7.39. The molecule has 7 N–H and O–H groups in total. The number of nitrogen functional groups attached to an aromatic ring is 2. The van der Waals surface area contributed by atoms with Crippen LogP contribution in [0.25, 0.3) is 16.8 Å². The number of allylic oxidation sites excluding steroid dienone is 2. The van der Waals surface area contributed by atoms with Crippen molar-refractivity contribution in [2.24, 2.45) is 11.5 Å². The Kier molecular flexibility index (Phi) is 5.72. The molecule has 1 heterocycles. The van der Waals surface area contributed by atoms with Crippen molar-refractivity contribution < 1.29 is 9.53 Å². The molecular weight excluding hydrogens is 402 g/mol. The molecule has 3 aromatic rings. The van der Waals surface area contributed by atoms with E-state index in [9.17, 15) is 4.79 Å². The van der Waals surface area contributed by atoms with Crippen molar-refractivity contribution >= 4 is 23.0 Å². The summed E-state index contributed by atoms with van der Waals surface area (Å²) >= 11 is 0. The number of nitrogens with two attached hydrogens (primary N) is 3. The van der Waals surface area contributed by atoms with Gasteiger partial charge in [-0.25, -0.2) is 0 Å². The minimum atomic E-state index is -0.511. The van der Waals surface area contributed by atoms with E-state index in [1.54, 1.807) is 30.5 Å². The molecule has 1 atom stereocenters. The van der Waals surface area contributed by atoms with E-state index in [0.717, 1.165) is 11.3 Å². The number of rotatable bonds is 6. The number of carbonyl (C=O) groups is 1. The number of anilines is 1. The largest absolute Gasteiger partial charge is 0.486 e. The maximum absolute atomic E-state index is 11.3. The molecule has 0 fully saturated rings.